The third-order valence-corrected chi connectivity index (χ3v) is 3.34. The van der Waals surface area contributed by atoms with Crippen LogP contribution in [-0.2, 0) is 9.53 Å². The highest BCUT2D eigenvalue weighted by molar-refractivity contribution is 5.71. The van der Waals surface area contributed by atoms with E-state index in [0.29, 0.717) is 0 Å². The van der Waals surface area contributed by atoms with E-state index in [1.54, 1.807) is 0 Å². The fourth-order valence-electron chi connectivity index (χ4n) is 2.08. The van der Waals surface area contributed by atoms with Gasteiger partial charge in [-0.1, -0.05) is 71.6 Å². The van der Waals surface area contributed by atoms with Crippen LogP contribution in [0.4, 0.5) is 0 Å². The molecule has 0 unspecified atom stereocenters. The molecule has 17 heavy (non-hydrogen) atoms. The predicted octanol–water partition coefficient (Wildman–Crippen LogP) is 4.72. The van der Waals surface area contributed by atoms with Gasteiger partial charge in [-0.3, -0.25) is 4.79 Å². The number of carbonyl (C=O) groups is 1. The molecule has 0 aliphatic rings. The number of methoxy groups -OCH3 is 1. The molecule has 0 rings (SSSR count). The Morgan fingerprint density at radius 3 is 1.88 bits per heavy atom. The van der Waals surface area contributed by atoms with Crippen molar-refractivity contribution in [3.8, 4) is 0 Å². The molecule has 2 heteroatoms. The van der Waals surface area contributed by atoms with Crippen LogP contribution in [0.5, 0.6) is 0 Å². The van der Waals surface area contributed by atoms with E-state index in [1.807, 2.05) is 6.92 Å². The van der Waals surface area contributed by atoms with E-state index in [1.165, 1.54) is 58.5 Å². The predicted molar refractivity (Wildman–Crippen MR) is 73.0 cm³/mol. The first-order chi connectivity index (χ1) is 8.22. The second kappa shape index (κ2) is 11.9. The molecule has 0 saturated carbocycles. The molecule has 0 saturated heterocycles. The number of hydrogen-bond acceptors (Lipinski definition) is 2. The van der Waals surface area contributed by atoms with Crippen LogP contribution in [0.15, 0.2) is 0 Å². The van der Waals surface area contributed by atoms with Crippen LogP contribution in [0, 0.1) is 5.92 Å². The Morgan fingerprint density at radius 2 is 1.41 bits per heavy atom. The van der Waals surface area contributed by atoms with Crippen molar-refractivity contribution in [3.05, 3.63) is 0 Å². The molecule has 0 N–H and O–H groups in total. The summed E-state index contributed by atoms with van der Waals surface area (Å²) in [6, 6.07) is 0. The van der Waals surface area contributed by atoms with E-state index in [0.717, 1.165) is 12.8 Å². The second-order valence-corrected chi connectivity index (χ2v) is 5.04. The summed E-state index contributed by atoms with van der Waals surface area (Å²) in [5.74, 6) is 0.00844. The van der Waals surface area contributed by atoms with E-state index in [2.05, 4.69) is 6.92 Å². The van der Waals surface area contributed by atoms with Gasteiger partial charge in [-0.15, -0.1) is 0 Å². The number of esters is 1. The van der Waals surface area contributed by atoms with E-state index in [4.69, 9.17) is 4.74 Å². The summed E-state index contributed by atoms with van der Waals surface area (Å²) in [5.41, 5.74) is 0. The van der Waals surface area contributed by atoms with Crippen LogP contribution in [-0.4, -0.2) is 13.1 Å². The Labute approximate surface area is 107 Å². The van der Waals surface area contributed by atoms with Crippen LogP contribution >= 0.6 is 0 Å². The van der Waals surface area contributed by atoms with Gasteiger partial charge in [0.1, 0.15) is 0 Å². The minimum Gasteiger partial charge on any atom is -0.469 e. The molecule has 102 valence electrons. The molecule has 0 aromatic carbocycles. The van der Waals surface area contributed by atoms with Crippen molar-refractivity contribution in [2.24, 2.45) is 5.92 Å². The normalized spacial score (nSPS) is 12.4. The molecule has 0 radical (unpaired) electrons. The highest BCUT2D eigenvalue weighted by Gasteiger charge is 2.11. The van der Waals surface area contributed by atoms with Gasteiger partial charge in [0.05, 0.1) is 13.0 Å². The molecule has 0 aliphatic heterocycles. The average molecular weight is 242 g/mol. The SMILES string of the molecule is CCCCCCCCCCC[C@@H](C)C(=O)OC. The molecule has 2 nitrogen and oxygen atoms in total. The smallest absolute Gasteiger partial charge is 0.308 e. The zero-order valence-corrected chi connectivity index (χ0v) is 12.0. The zero-order valence-electron chi connectivity index (χ0n) is 12.0. The molecule has 0 fully saturated rings. The fraction of sp³-hybridized carbons (Fsp3) is 0.933. The summed E-state index contributed by atoms with van der Waals surface area (Å²) >= 11 is 0. The van der Waals surface area contributed by atoms with Gasteiger partial charge in [-0.2, -0.15) is 0 Å². The third-order valence-electron chi connectivity index (χ3n) is 3.34. The Bertz CT molecular complexity index is 178. The molecular weight excluding hydrogens is 212 g/mol. The number of rotatable bonds is 11. The van der Waals surface area contributed by atoms with Crippen LogP contribution in [0.25, 0.3) is 0 Å². The summed E-state index contributed by atoms with van der Waals surface area (Å²) in [4.78, 5) is 11.2. The Hall–Kier alpha value is -0.530. The standard InChI is InChI=1S/C15H30O2/c1-4-5-6-7-8-9-10-11-12-13-14(2)15(16)17-3/h14H,4-13H2,1-3H3/t14-/m1/s1. The number of ether oxygens (including phenoxy) is 1. The van der Waals surface area contributed by atoms with Crippen molar-refractivity contribution in [1.82, 2.24) is 0 Å². The molecule has 0 amide bonds. The molecule has 0 bridgehead atoms. The highest BCUT2D eigenvalue weighted by atomic mass is 16.5. The number of hydrogen-bond donors (Lipinski definition) is 0. The lowest BCUT2D eigenvalue weighted by Crippen LogP contribution is -2.12. The monoisotopic (exact) mass is 242 g/mol. The average Bonchev–Trinajstić information content (AvgIpc) is 2.35. The molecular formula is C15H30O2. The lowest BCUT2D eigenvalue weighted by molar-refractivity contribution is -0.145. The van der Waals surface area contributed by atoms with Gasteiger partial charge in [0, 0.05) is 0 Å². The maximum Gasteiger partial charge on any atom is 0.308 e. The Balaban J connectivity index is 3.15. The molecule has 0 aromatic rings. The highest BCUT2D eigenvalue weighted by Crippen LogP contribution is 2.14. The molecule has 0 spiro atoms. The van der Waals surface area contributed by atoms with Crippen LogP contribution in [0.3, 0.4) is 0 Å². The maximum absolute atomic E-state index is 11.2. The van der Waals surface area contributed by atoms with Gasteiger partial charge in [-0.25, -0.2) is 0 Å². The summed E-state index contributed by atoms with van der Waals surface area (Å²) in [7, 11) is 1.47. The van der Waals surface area contributed by atoms with Gasteiger partial charge in [-0.05, 0) is 6.42 Å². The van der Waals surface area contributed by atoms with Crippen molar-refractivity contribution < 1.29 is 9.53 Å². The van der Waals surface area contributed by atoms with E-state index >= 15 is 0 Å². The minimum atomic E-state index is -0.0652. The maximum atomic E-state index is 11.2. The zero-order chi connectivity index (χ0) is 12.9. The fourth-order valence-corrected chi connectivity index (χ4v) is 2.08. The summed E-state index contributed by atoms with van der Waals surface area (Å²) in [6.45, 7) is 4.21. The summed E-state index contributed by atoms with van der Waals surface area (Å²) < 4.78 is 4.71. The van der Waals surface area contributed by atoms with Gasteiger partial charge in [0.15, 0.2) is 0 Å². The van der Waals surface area contributed by atoms with E-state index < -0.39 is 0 Å². The first-order valence-corrected chi connectivity index (χ1v) is 7.30. The van der Waals surface area contributed by atoms with E-state index in [9.17, 15) is 4.79 Å². The summed E-state index contributed by atoms with van der Waals surface area (Å²) in [6.07, 6.45) is 13.0. The minimum absolute atomic E-state index is 0.0652. The number of carbonyl (C=O) groups excluding carboxylic acids is 1. The van der Waals surface area contributed by atoms with Crippen molar-refractivity contribution in [3.63, 3.8) is 0 Å². The van der Waals surface area contributed by atoms with Crippen LogP contribution < -0.4 is 0 Å². The van der Waals surface area contributed by atoms with Crippen LogP contribution in [0.1, 0.15) is 78.1 Å². The first-order valence-electron chi connectivity index (χ1n) is 7.30. The van der Waals surface area contributed by atoms with Crippen molar-refractivity contribution >= 4 is 5.97 Å². The van der Waals surface area contributed by atoms with Crippen molar-refractivity contribution in [1.29, 1.82) is 0 Å². The van der Waals surface area contributed by atoms with Gasteiger partial charge >= 0.3 is 5.97 Å². The quantitative estimate of drug-likeness (QED) is 0.387. The largest absolute Gasteiger partial charge is 0.469 e. The van der Waals surface area contributed by atoms with Crippen LogP contribution in [0.2, 0.25) is 0 Å². The summed E-state index contributed by atoms with van der Waals surface area (Å²) in [5, 5.41) is 0. The molecule has 0 aliphatic carbocycles. The van der Waals surface area contributed by atoms with E-state index in [-0.39, 0.29) is 11.9 Å². The van der Waals surface area contributed by atoms with Crippen molar-refractivity contribution in [2.45, 2.75) is 78.1 Å². The third kappa shape index (κ3) is 10.3. The lowest BCUT2D eigenvalue weighted by Gasteiger charge is -2.08. The van der Waals surface area contributed by atoms with Crippen molar-refractivity contribution in [2.75, 3.05) is 7.11 Å². The first kappa shape index (κ1) is 16.5. The second-order valence-electron chi connectivity index (χ2n) is 5.04. The molecule has 1 atom stereocenters. The van der Waals surface area contributed by atoms with Gasteiger partial charge in [0.25, 0.3) is 0 Å². The molecule has 0 heterocycles. The number of unbranched alkanes of at least 4 members (excludes halogenated alkanes) is 8. The molecule has 0 aromatic heterocycles. The van der Waals surface area contributed by atoms with Gasteiger partial charge in [0.2, 0.25) is 0 Å². The topological polar surface area (TPSA) is 26.3 Å². The lowest BCUT2D eigenvalue weighted by atomic mass is 10.0. The Morgan fingerprint density at radius 1 is 0.941 bits per heavy atom. The van der Waals surface area contributed by atoms with Gasteiger partial charge < -0.3 is 4.74 Å². The Kier molecular flexibility index (Phi) is 11.6.